The number of para-hydroxylation sites is 1. The second-order valence-corrected chi connectivity index (χ2v) is 5.84. The first-order chi connectivity index (χ1) is 8.79. The Kier molecular flexibility index (Phi) is 3.29. The van der Waals surface area contributed by atoms with Crippen LogP contribution in [0, 0.1) is 11.8 Å². The highest BCUT2D eigenvalue weighted by Crippen LogP contribution is 2.41. The van der Waals surface area contributed by atoms with Crippen molar-refractivity contribution < 1.29 is 5.11 Å². The second kappa shape index (κ2) is 4.93. The standard InChI is InChI=1S/C16H23NO/c1-2-16(18)14-8-3-4-9-15(14)17-10-12-6-5-7-13(12)11-17/h3-4,8-9,12-13,16,18H,2,5-7,10-11H2,1H3/t12?,13?,16-/m0/s1. The van der Waals surface area contributed by atoms with Crippen molar-refractivity contribution >= 4 is 5.69 Å². The molecule has 1 aromatic carbocycles. The summed E-state index contributed by atoms with van der Waals surface area (Å²) in [4.78, 5) is 2.50. The van der Waals surface area contributed by atoms with Gasteiger partial charge in [-0.05, 0) is 37.2 Å². The quantitative estimate of drug-likeness (QED) is 0.882. The van der Waals surface area contributed by atoms with Gasteiger partial charge in [0.1, 0.15) is 0 Å². The van der Waals surface area contributed by atoms with Gasteiger partial charge in [0.15, 0.2) is 0 Å². The Morgan fingerprint density at radius 3 is 2.56 bits per heavy atom. The van der Waals surface area contributed by atoms with Crippen molar-refractivity contribution in [2.24, 2.45) is 11.8 Å². The van der Waals surface area contributed by atoms with Crippen molar-refractivity contribution in [3.05, 3.63) is 29.8 Å². The Labute approximate surface area is 110 Å². The minimum atomic E-state index is -0.318. The third-order valence-corrected chi connectivity index (χ3v) is 4.75. The van der Waals surface area contributed by atoms with Crippen LogP contribution in [0.1, 0.15) is 44.3 Å². The molecule has 0 radical (unpaired) electrons. The molecule has 0 spiro atoms. The van der Waals surface area contributed by atoms with Crippen LogP contribution in [0.25, 0.3) is 0 Å². The maximum Gasteiger partial charge on any atom is 0.0807 e. The van der Waals surface area contributed by atoms with Crippen LogP contribution in [0.3, 0.4) is 0 Å². The minimum Gasteiger partial charge on any atom is -0.388 e. The lowest BCUT2D eigenvalue weighted by Crippen LogP contribution is -2.22. The van der Waals surface area contributed by atoms with Crippen LogP contribution in [0.2, 0.25) is 0 Å². The summed E-state index contributed by atoms with van der Waals surface area (Å²) in [6, 6.07) is 8.39. The highest BCUT2D eigenvalue weighted by Gasteiger charge is 2.36. The van der Waals surface area contributed by atoms with Gasteiger partial charge in [0.25, 0.3) is 0 Å². The van der Waals surface area contributed by atoms with Gasteiger partial charge in [-0.3, -0.25) is 0 Å². The molecule has 1 N–H and O–H groups in total. The fraction of sp³-hybridized carbons (Fsp3) is 0.625. The Hall–Kier alpha value is -1.02. The van der Waals surface area contributed by atoms with Crippen LogP contribution in [0.4, 0.5) is 5.69 Å². The fourth-order valence-corrected chi connectivity index (χ4v) is 3.71. The molecule has 2 aliphatic rings. The maximum absolute atomic E-state index is 10.1. The zero-order valence-electron chi connectivity index (χ0n) is 11.2. The van der Waals surface area contributed by atoms with E-state index in [0.29, 0.717) is 0 Å². The number of fused-ring (bicyclic) bond motifs is 1. The molecule has 2 unspecified atom stereocenters. The zero-order valence-corrected chi connectivity index (χ0v) is 11.2. The summed E-state index contributed by atoms with van der Waals surface area (Å²) in [5.74, 6) is 1.80. The van der Waals surface area contributed by atoms with E-state index in [0.717, 1.165) is 23.8 Å². The van der Waals surface area contributed by atoms with Crippen LogP contribution in [0.15, 0.2) is 24.3 Å². The van der Waals surface area contributed by atoms with Gasteiger partial charge < -0.3 is 10.0 Å². The van der Waals surface area contributed by atoms with Crippen LogP contribution in [-0.2, 0) is 0 Å². The van der Waals surface area contributed by atoms with E-state index in [9.17, 15) is 5.11 Å². The molecule has 18 heavy (non-hydrogen) atoms. The van der Waals surface area contributed by atoms with Crippen molar-refractivity contribution in [2.45, 2.75) is 38.7 Å². The normalized spacial score (nSPS) is 28.4. The molecule has 1 aliphatic heterocycles. The van der Waals surface area contributed by atoms with Crippen LogP contribution >= 0.6 is 0 Å². The minimum absolute atomic E-state index is 0.318. The lowest BCUT2D eigenvalue weighted by Gasteiger charge is -2.24. The predicted molar refractivity (Wildman–Crippen MR) is 74.7 cm³/mol. The molecule has 1 saturated carbocycles. The van der Waals surface area contributed by atoms with Gasteiger partial charge in [0, 0.05) is 24.3 Å². The molecule has 0 bridgehead atoms. The van der Waals surface area contributed by atoms with E-state index in [1.165, 1.54) is 38.0 Å². The zero-order chi connectivity index (χ0) is 12.5. The van der Waals surface area contributed by atoms with E-state index in [-0.39, 0.29) is 6.10 Å². The lowest BCUT2D eigenvalue weighted by atomic mass is 10.0. The van der Waals surface area contributed by atoms with E-state index < -0.39 is 0 Å². The Bertz CT molecular complexity index is 405. The highest BCUT2D eigenvalue weighted by molar-refractivity contribution is 5.55. The number of benzene rings is 1. The van der Waals surface area contributed by atoms with Gasteiger partial charge in [0.05, 0.1) is 6.10 Å². The lowest BCUT2D eigenvalue weighted by molar-refractivity contribution is 0.174. The summed E-state index contributed by atoms with van der Waals surface area (Å²) in [6.07, 6.45) is 4.70. The molecule has 3 atom stereocenters. The summed E-state index contributed by atoms with van der Waals surface area (Å²) >= 11 is 0. The topological polar surface area (TPSA) is 23.5 Å². The molecule has 0 aromatic heterocycles. The molecule has 2 fully saturated rings. The van der Waals surface area contributed by atoms with E-state index >= 15 is 0 Å². The molecule has 1 aliphatic carbocycles. The molecule has 2 nitrogen and oxygen atoms in total. The smallest absolute Gasteiger partial charge is 0.0807 e. The van der Waals surface area contributed by atoms with Crippen molar-refractivity contribution in [3.8, 4) is 0 Å². The average Bonchev–Trinajstić information content (AvgIpc) is 2.98. The first-order valence-corrected chi connectivity index (χ1v) is 7.31. The number of nitrogens with zero attached hydrogens (tertiary/aromatic N) is 1. The van der Waals surface area contributed by atoms with Gasteiger partial charge in [0.2, 0.25) is 0 Å². The third-order valence-electron chi connectivity index (χ3n) is 4.75. The maximum atomic E-state index is 10.1. The Morgan fingerprint density at radius 1 is 1.22 bits per heavy atom. The molecular weight excluding hydrogens is 222 g/mol. The number of aliphatic hydroxyl groups excluding tert-OH is 1. The number of aliphatic hydroxyl groups is 1. The molecule has 98 valence electrons. The van der Waals surface area contributed by atoms with E-state index in [1.807, 2.05) is 13.0 Å². The highest BCUT2D eigenvalue weighted by atomic mass is 16.3. The average molecular weight is 245 g/mol. The Morgan fingerprint density at radius 2 is 1.89 bits per heavy atom. The summed E-state index contributed by atoms with van der Waals surface area (Å²) < 4.78 is 0. The number of anilines is 1. The first-order valence-electron chi connectivity index (χ1n) is 7.31. The van der Waals surface area contributed by atoms with Gasteiger partial charge in [-0.1, -0.05) is 31.5 Å². The SMILES string of the molecule is CC[C@H](O)c1ccccc1N1CC2CCCC2C1. The van der Waals surface area contributed by atoms with E-state index in [2.05, 4.69) is 23.1 Å². The van der Waals surface area contributed by atoms with Gasteiger partial charge in [-0.15, -0.1) is 0 Å². The molecular formula is C16H23NO. The van der Waals surface area contributed by atoms with Crippen molar-refractivity contribution in [2.75, 3.05) is 18.0 Å². The summed E-state index contributed by atoms with van der Waals surface area (Å²) in [7, 11) is 0. The molecule has 2 heteroatoms. The van der Waals surface area contributed by atoms with Crippen molar-refractivity contribution in [3.63, 3.8) is 0 Å². The molecule has 1 saturated heterocycles. The first kappa shape index (κ1) is 12.0. The van der Waals surface area contributed by atoms with Crippen LogP contribution < -0.4 is 4.90 Å². The molecule has 1 heterocycles. The third kappa shape index (κ3) is 2.03. The Balaban J connectivity index is 1.84. The number of hydrogen-bond acceptors (Lipinski definition) is 2. The van der Waals surface area contributed by atoms with Crippen molar-refractivity contribution in [1.82, 2.24) is 0 Å². The van der Waals surface area contributed by atoms with Gasteiger partial charge in [-0.2, -0.15) is 0 Å². The number of rotatable bonds is 3. The van der Waals surface area contributed by atoms with Gasteiger partial charge in [-0.25, -0.2) is 0 Å². The second-order valence-electron chi connectivity index (χ2n) is 5.84. The molecule has 1 aromatic rings. The predicted octanol–water partition coefficient (Wildman–Crippen LogP) is 3.37. The van der Waals surface area contributed by atoms with Crippen LogP contribution in [-0.4, -0.2) is 18.2 Å². The summed E-state index contributed by atoms with van der Waals surface area (Å²) in [6.45, 7) is 4.43. The fourth-order valence-electron chi connectivity index (χ4n) is 3.71. The van der Waals surface area contributed by atoms with E-state index in [4.69, 9.17) is 0 Å². The van der Waals surface area contributed by atoms with Crippen molar-refractivity contribution in [1.29, 1.82) is 0 Å². The van der Waals surface area contributed by atoms with Crippen LogP contribution in [0.5, 0.6) is 0 Å². The number of hydrogen-bond donors (Lipinski definition) is 1. The largest absolute Gasteiger partial charge is 0.388 e. The molecule has 3 rings (SSSR count). The van der Waals surface area contributed by atoms with E-state index in [1.54, 1.807) is 0 Å². The summed E-state index contributed by atoms with van der Waals surface area (Å²) in [5, 5.41) is 10.1. The molecule has 0 amide bonds. The monoisotopic (exact) mass is 245 g/mol. The summed E-state index contributed by atoms with van der Waals surface area (Å²) in [5.41, 5.74) is 2.38. The van der Waals surface area contributed by atoms with Gasteiger partial charge >= 0.3 is 0 Å².